The summed E-state index contributed by atoms with van der Waals surface area (Å²) >= 11 is 7.66. The summed E-state index contributed by atoms with van der Waals surface area (Å²) in [5.74, 6) is 4.13. The molecule has 2 heterocycles. The van der Waals surface area contributed by atoms with Crippen LogP contribution in [0.4, 0.5) is 5.95 Å². The molecule has 0 saturated heterocycles. The lowest BCUT2D eigenvalue weighted by atomic mass is 10.1. The SMILES string of the molecule is CN(C)Cc1ccc(CSCCNc2ncc(Cc3ccc(Cl)cc3)c(=O)[nH]2)o1. The fourth-order valence-corrected chi connectivity index (χ4v) is 3.64. The fourth-order valence-electron chi connectivity index (χ4n) is 2.77. The van der Waals surface area contributed by atoms with Crippen LogP contribution in [0.5, 0.6) is 0 Å². The zero-order chi connectivity index (χ0) is 20.6. The van der Waals surface area contributed by atoms with Crippen LogP contribution in [-0.4, -0.2) is 41.3 Å². The lowest BCUT2D eigenvalue weighted by Crippen LogP contribution is -2.18. The van der Waals surface area contributed by atoms with Gasteiger partial charge in [-0.05, 0) is 43.9 Å². The molecule has 0 amide bonds. The van der Waals surface area contributed by atoms with Crippen LogP contribution in [-0.2, 0) is 18.7 Å². The van der Waals surface area contributed by atoms with Crippen LogP contribution < -0.4 is 10.9 Å². The van der Waals surface area contributed by atoms with Gasteiger partial charge in [0, 0.05) is 35.5 Å². The molecule has 0 aliphatic heterocycles. The van der Waals surface area contributed by atoms with Crippen LogP contribution in [0.1, 0.15) is 22.6 Å². The van der Waals surface area contributed by atoms with Gasteiger partial charge in [-0.2, -0.15) is 11.8 Å². The van der Waals surface area contributed by atoms with Crippen molar-refractivity contribution >= 4 is 29.3 Å². The van der Waals surface area contributed by atoms with Gasteiger partial charge < -0.3 is 14.6 Å². The summed E-state index contributed by atoms with van der Waals surface area (Å²) in [5.41, 5.74) is 1.51. The Hall–Kier alpha value is -2.22. The minimum Gasteiger partial charge on any atom is -0.464 e. The summed E-state index contributed by atoms with van der Waals surface area (Å²) in [4.78, 5) is 21.5. The minimum absolute atomic E-state index is 0.130. The van der Waals surface area contributed by atoms with Crippen LogP contribution in [0.3, 0.4) is 0 Å². The number of hydrogen-bond acceptors (Lipinski definition) is 6. The number of aromatic amines is 1. The number of aromatic nitrogens is 2. The van der Waals surface area contributed by atoms with Crippen molar-refractivity contribution in [3.63, 3.8) is 0 Å². The zero-order valence-corrected chi connectivity index (χ0v) is 18.1. The molecule has 0 unspecified atom stereocenters. The predicted octanol–water partition coefficient (Wildman–Crippen LogP) is 4.01. The zero-order valence-electron chi connectivity index (χ0n) is 16.6. The summed E-state index contributed by atoms with van der Waals surface area (Å²) in [6.45, 7) is 1.51. The Labute approximate surface area is 179 Å². The topological polar surface area (TPSA) is 74.2 Å². The highest BCUT2D eigenvalue weighted by Crippen LogP contribution is 2.16. The molecular formula is C21H25ClN4O2S. The first-order valence-electron chi connectivity index (χ1n) is 9.36. The maximum absolute atomic E-state index is 12.3. The van der Waals surface area contributed by atoms with E-state index in [0.717, 1.165) is 35.1 Å². The molecule has 29 heavy (non-hydrogen) atoms. The molecule has 6 nitrogen and oxygen atoms in total. The average Bonchev–Trinajstić information content (AvgIpc) is 3.12. The Morgan fingerprint density at radius 1 is 1.17 bits per heavy atom. The molecule has 0 aliphatic carbocycles. The van der Waals surface area contributed by atoms with Gasteiger partial charge in [-0.1, -0.05) is 23.7 Å². The first-order valence-corrected chi connectivity index (χ1v) is 10.9. The van der Waals surface area contributed by atoms with Crippen LogP contribution in [0.2, 0.25) is 5.02 Å². The maximum Gasteiger partial charge on any atom is 0.255 e. The molecule has 8 heteroatoms. The van der Waals surface area contributed by atoms with Gasteiger partial charge in [0.2, 0.25) is 5.95 Å². The molecule has 1 aromatic carbocycles. The Morgan fingerprint density at radius 3 is 2.66 bits per heavy atom. The van der Waals surface area contributed by atoms with E-state index >= 15 is 0 Å². The van der Waals surface area contributed by atoms with E-state index in [-0.39, 0.29) is 5.56 Å². The third-order valence-corrected chi connectivity index (χ3v) is 5.39. The van der Waals surface area contributed by atoms with Crippen molar-refractivity contribution in [1.82, 2.24) is 14.9 Å². The number of halogens is 1. The number of H-pyrrole nitrogens is 1. The number of anilines is 1. The first kappa shape index (κ1) is 21.5. The summed E-state index contributed by atoms with van der Waals surface area (Å²) < 4.78 is 5.79. The summed E-state index contributed by atoms with van der Waals surface area (Å²) in [6, 6.07) is 11.5. The van der Waals surface area contributed by atoms with E-state index in [1.807, 2.05) is 50.5 Å². The number of rotatable bonds is 10. The summed E-state index contributed by atoms with van der Waals surface area (Å²) in [5, 5.41) is 3.84. The number of benzene rings is 1. The van der Waals surface area contributed by atoms with Crippen molar-refractivity contribution in [2.24, 2.45) is 0 Å². The van der Waals surface area contributed by atoms with Gasteiger partial charge in [-0.25, -0.2) is 4.98 Å². The normalized spacial score (nSPS) is 11.2. The lowest BCUT2D eigenvalue weighted by Gasteiger charge is -2.07. The quantitative estimate of drug-likeness (QED) is 0.471. The van der Waals surface area contributed by atoms with Crippen LogP contribution in [0, 0.1) is 0 Å². The molecular weight excluding hydrogens is 408 g/mol. The van der Waals surface area contributed by atoms with Crippen LogP contribution in [0.25, 0.3) is 0 Å². The first-order chi connectivity index (χ1) is 14.0. The van der Waals surface area contributed by atoms with Gasteiger partial charge in [-0.3, -0.25) is 9.78 Å². The average molecular weight is 433 g/mol. The van der Waals surface area contributed by atoms with E-state index in [9.17, 15) is 4.79 Å². The lowest BCUT2D eigenvalue weighted by molar-refractivity contribution is 0.344. The Kier molecular flexibility index (Phi) is 7.80. The second kappa shape index (κ2) is 10.5. The van der Waals surface area contributed by atoms with Crippen molar-refractivity contribution in [3.8, 4) is 0 Å². The fraction of sp³-hybridized carbons (Fsp3) is 0.333. The van der Waals surface area contributed by atoms with Crippen molar-refractivity contribution in [2.45, 2.75) is 18.7 Å². The molecule has 0 spiro atoms. The molecule has 2 N–H and O–H groups in total. The van der Waals surface area contributed by atoms with Crippen molar-refractivity contribution in [2.75, 3.05) is 31.7 Å². The molecule has 0 atom stereocenters. The van der Waals surface area contributed by atoms with Gasteiger partial charge in [-0.15, -0.1) is 0 Å². The number of nitrogens with one attached hydrogen (secondary N) is 2. The van der Waals surface area contributed by atoms with Crippen LogP contribution >= 0.6 is 23.4 Å². The van der Waals surface area contributed by atoms with Gasteiger partial charge in [0.1, 0.15) is 11.5 Å². The van der Waals surface area contributed by atoms with E-state index in [0.29, 0.717) is 29.5 Å². The highest BCUT2D eigenvalue weighted by Gasteiger charge is 2.06. The largest absolute Gasteiger partial charge is 0.464 e. The third kappa shape index (κ3) is 6.96. The molecule has 0 radical (unpaired) electrons. The molecule has 0 fully saturated rings. The highest BCUT2D eigenvalue weighted by atomic mass is 35.5. The van der Waals surface area contributed by atoms with Crippen molar-refractivity contribution in [1.29, 1.82) is 0 Å². The monoisotopic (exact) mass is 432 g/mol. The van der Waals surface area contributed by atoms with Gasteiger partial charge in [0.15, 0.2) is 0 Å². The van der Waals surface area contributed by atoms with Gasteiger partial charge in [0.05, 0.1) is 12.3 Å². The second-order valence-corrected chi connectivity index (χ2v) is 8.52. The maximum atomic E-state index is 12.3. The predicted molar refractivity (Wildman–Crippen MR) is 120 cm³/mol. The van der Waals surface area contributed by atoms with E-state index in [4.69, 9.17) is 16.0 Å². The number of thioether (sulfide) groups is 1. The Bertz CT molecular complexity index is 969. The van der Waals surface area contributed by atoms with Crippen molar-refractivity contribution < 1.29 is 4.42 Å². The van der Waals surface area contributed by atoms with E-state index < -0.39 is 0 Å². The van der Waals surface area contributed by atoms with Gasteiger partial charge >= 0.3 is 0 Å². The van der Waals surface area contributed by atoms with E-state index in [1.54, 1.807) is 18.0 Å². The Morgan fingerprint density at radius 2 is 1.93 bits per heavy atom. The summed E-state index contributed by atoms with van der Waals surface area (Å²) in [7, 11) is 4.04. The molecule has 2 aromatic heterocycles. The highest BCUT2D eigenvalue weighted by molar-refractivity contribution is 7.98. The molecule has 3 aromatic rings. The minimum atomic E-state index is -0.130. The smallest absolute Gasteiger partial charge is 0.255 e. The number of nitrogens with zero attached hydrogens (tertiary/aromatic N) is 2. The molecule has 0 aliphatic rings. The van der Waals surface area contributed by atoms with E-state index in [2.05, 4.69) is 20.2 Å². The summed E-state index contributed by atoms with van der Waals surface area (Å²) in [6.07, 6.45) is 2.15. The molecule has 0 saturated carbocycles. The second-order valence-electron chi connectivity index (χ2n) is 6.97. The molecule has 0 bridgehead atoms. The molecule has 3 rings (SSSR count). The Balaban J connectivity index is 1.41. The molecule has 154 valence electrons. The number of hydrogen-bond donors (Lipinski definition) is 2. The van der Waals surface area contributed by atoms with E-state index in [1.165, 1.54) is 0 Å². The van der Waals surface area contributed by atoms with Gasteiger partial charge in [0.25, 0.3) is 5.56 Å². The van der Waals surface area contributed by atoms with Crippen molar-refractivity contribution in [3.05, 3.63) is 80.6 Å². The standard InChI is InChI=1S/C21H25ClN4O2S/c1-26(2)13-18-7-8-19(28-18)14-29-10-9-23-21-24-12-16(20(27)25-21)11-15-3-5-17(22)6-4-15/h3-8,12H,9-11,13-14H2,1-2H3,(H2,23,24,25,27). The number of furan rings is 1. The third-order valence-electron chi connectivity index (χ3n) is 4.15. The van der Waals surface area contributed by atoms with Crippen LogP contribution in [0.15, 0.2) is 51.8 Å².